The molecule has 0 saturated carbocycles. The minimum absolute atomic E-state index is 0.548. The van der Waals surface area contributed by atoms with Crippen molar-refractivity contribution >= 4 is 62.1 Å². The molecule has 1 aromatic carbocycles. The number of aryl methyl sites for hydroxylation is 1. The number of nitrogens with one attached hydrogen (secondary N) is 1. The van der Waals surface area contributed by atoms with E-state index in [2.05, 4.69) is 26.3 Å². The number of hydrogen-bond acceptors (Lipinski definition) is 2. The molecular formula is C13H13BrCl2N4S. The van der Waals surface area contributed by atoms with Crippen molar-refractivity contribution in [3.8, 4) is 0 Å². The number of anilines is 1. The Hall–Kier alpha value is -0.820. The Morgan fingerprint density at radius 2 is 2.19 bits per heavy atom. The minimum atomic E-state index is 0.548. The molecule has 1 N–H and O–H groups in total. The topological polar surface area (TPSA) is 33.1 Å². The van der Waals surface area contributed by atoms with E-state index in [0.717, 1.165) is 10.2 Å². The minimum Gasteiger partial charge on any atom is -0.346 e. The summed E-state index contributed by atoms with van der Waals surface area (Å²) < 4.78 is 2.75. The van der Waals surface area contributed by atoms with E-state index in [4.69, 9.17) is 35.4 Å². The van der Waals surface area contributed by atoms with Gasteiger partial charge in [0.05, 0.1) is 33.6 Å². The van der Waals surface area contributed by atoms with Gasteiger partial charge in [-0.25, -0.2) is 0 Å². The van der Waals surface area contributed by atoms with Gasteiger partial charge in [0.15, 0.2) is 5.11 Å². The van der Waals surface area contributed by atoms with Crippen LogP contribution in [0.1, 0.15) is 5.69 Å². The van der Waals surface area contributed by atoms with Gasteiger partial charge in [0, 0.05) is 19.1 Å². The second kappa shape index (κ2) is 6.96. The summed E-state index contributed by atoms with van der Waals surface area (Å²) >= 11 is 20.9. The summed E-state index contributed by atoms with van der Waals surface area (Å²) in [6.07, 6.45) is 1.76. The maximum atomic E-state index is 6.12. The Kier molecular flexibility index (Phi) is 5.48. The summed E-state index contributed by atoms with van der Waals surface area (Å²) in [5.74, 6) is 0. The van der Waals surface area contributed by atoms with Crippen LogP contribution >= 0.6 is 51.3 Å². The van der Waals surface area contributed by atoms with Crippen LogP contribution in [0.2, 0.25) is 10.0 Å². The summed E-state index contributed by atoms with van der Waals surface area (Å²) in [5.41, 5.74) is 1.71. The summed E-state index contributed by atoms with van der Waals surface area (Å²) in [4.78, 5) is 1.90. The maximum absolute atomic E-state index is 6.12. The number of hydrogen-bond donors (Lipinski definition) is 1. The van der Waals surface area contributed by atoms with E-state index in [1.54, 1.807) is 29.1 Å². The van der Waals surface area contributed by atoms with Crippen LogP contribution in [-0.2, 0) is 13.6 Å². The first-order chi connectivity index (χ1) is 9.88. The number of thiocarbonyl (C=S) groups is 1. The van der Waals surface area contributed by atoms with E-state index in [0.29, 0.717) is 27.4 Å². The Morgan fingerprint density at radius 1 is 1.48 bits per heavy atom. The molecule has 0 aliphatic rings. The molecule has 0 fully saturated rings. The Morgan fingerprint density at radius 3 is 2.81 bits per heavy atom. The molecule has 0 aliphatic heterocycles. The first-order valence-electron chi connectivity index (χ1n) is 6.02. The molecule has 0 saturated heterocycles. The van der Waals surface area contributed by atoms with E-state index in [-0.39, 0.29) is 0 Å². The van der Waals surface area contributed by atoms with Crippen molar-refractivity contribution in [1.82, 2.24) is 14.7 Å². The summed E-state index contributed by atoms with van der Waals surface area (Å²) in [5, 5.41) is 8.99. The molecule has 1 aromatic heterocycles. The Labute approximate surface area is 147 Å². The predicted octanol–water partition coefficient (Wildman–Crippen LogP) is 4.32. The lowest BCUT2D eigenvalue weighted by molar-refractivity contribution is 0.481. The predicted molar refractivity (Wildman–Crippen MR) is 95.1 cm³/mol. The fourth-order valence-corrected chi connectivity index (χ4v) is 2.70. The van der Waals surface area contributed by atoms with Crippen molar-refractivity contribution in [3.63, 3.8) is 0 Å². The van der Waals surface area contributed by atoms with Gasteiger partial charge in [-0.1, -0.05) is 23.2 Å². The summed E-state index contributed by atoms with van der Waals surface area (Å²) in [7, 11) is 3.78. The third kappa shape index (κ3) is 4.10. The van der Waals surface area contributed by atoms with Gasteiger partial charge in [-0.05, 0) is 46.3 Å². The largest absolute Gasteiger partial charge is 0.346 e. The molecule has 0 radical (unpaired) electrons. The highest BCUT2D eigenvalue weighted by molar-refractivity contribution is 9.10. The molecule has 4 nitrogen and oxygen atoms in total. The molecular weight excluding hydrogens is 395 g/mol. The number of aromatic nitrogens is 2. The zero-order valence-electron chi connectivity index (χ0n) is 11.4. The molecule has 2 aromatic rings. The quantitative estimate of drug-likeness (QED) is 0.768. The molecule has 21 heavy (non-hydrogen) atoms. The molecule has 0 aliphatic carbocycles. The third-order valence-corrected chi connectivity index (χ3v) is 4.56. The zero-order valence-corrected chi connectivity index (χ0v) is 15.3. The molecule has 0 bridgehead atoms. The second-order valence-corrected chi connectivity index (χ2v) is 6.56. The number of rotatable bonds is 3. The monoisotopic (exact) mass is 406 g/mol. The van der Waals surface area contributed by atoms with Gasteiger partial charge in [0.2, 0.25) is 0 Å². The van der Waals surface area contributed by atoms with Crippen LogP contribution in [0, 0.1) is 0 Å². The van der Waals surface area contributed by atoms with E-state index in [1.165, 1.54) is 0 Å². The first kappa shape index (κ1) is 16.5. The Bertz CT molecular complexity index is 655. The molecule has 1 heterocycles. The van der Waals surface area contributed by atoms with Crippen LogP contribution in [0.25, 0.3) is 0 Å². The van der Waals surface area contributed by atoms with Gasteiger partial charge in [-0.2, -0.15) is 5.10 Å². The summed E-state index contributed by atoms with van der Waals surface area (Å²) in [6.45, 7) is 0.612. The lowest BCUT2D eigenvalue weighted by atomic mass is 10.3. The highest BCUT2D eigenvalue weighted by Crippen LogP contribution is 2.26. The molecule has 8 heteroatoms. The molecule has 112 valence electrons. The highest BCUT2D eigenvalue weighted by Gasteiger charge is 2.12. The molecule has 2 rings (SSSR count). The van der Waals surface area contributed by atoms with E-state index in [1.807, 2.05) is 19.0 Å². The van der Waals surface area contributed by atoms with Crippen molar-refractivity contribution in [2.75, 3.05) is 12.4 Å². The highest BCUT2D eigenvalue weighted by atomic mass is 79.9. The van der Waals surface area contributed by atoms with Crippen molar-refractivity contribution < 1.29 is 0 Å². The normalized spacial score (nSPS) is 10.5. The average Bonchev–Trinajstić information content (AvgIpc) is 2.74. The van der Waals surface area contributed by atoms with Crippen LogP contribution in [0.15, 0.2) is 28.9 Å². The van der Waals surface area contributed by atoms with Gasteiger partial charge < -0.3 is 10.2 Å². The lowest BCUT2D eigenvalue weighted by Gasteiger charge is -2.22. The van der Waals surface area contributed by atoms with Crippen molar-refractivity contribution in [2.24, 2.45) is 7.05 Å². The SMILES string of the molecule is CN(Cc1c(Br)cnn1C)C(=S)Nc1cc(Cl)ccc1Cl. The van der Waals surface area contributed by atoms with Gasteiger partial charge in [-0.15, -0.1) is 0 Å². The van der Waals surface area contributed by atoms with Crippen LogP contribution in [0.4, 0.5) is 5.69 Å². The Balaban J connectivity index is 2.08. The van der Waals surface area contributed by atoms with Crippen molar-refractivity contribution in [1.29, 1.82) is 0 Å². The van der Waals surface area contributed by atoms with Crippen LogP contribution in [0.5, 0.6) is 0 Å². The van der Waals surface area contributed by atoms with Gasteiger partial charge in [0.1, 0.15) is 0 Å². The fraction of sp³-hybridized carbons (Fsp3) is 0.231. The average molecular weight is 408 g/mol. The zero-order chi connectivity index (χ0) is 15.6. The van der Waals surface area contributed by atoms with Crippen LogP contribution in [0.3, 0.4) is 0 Å². The molecule has 0 atom stereocenters. The van der Waals surface area contributed by atoms with Gasteiger partial charge in [0.25, 0.3) is 0 Å². The molecule has 0 unspecified atom stereocenters. The number of nitrogens with zero attached hydrogens (tertiary/aromatic N) is 3. The third-order valence-electron chi connectivity index (χ3n) is 2.91. The number of halogens is 3. The van der Waals surface area contributed by atoms with Crippen LogP contribution in [-0.4, -0.2) is 26.8 Å². The van der Waals surface area contributed by atoms with Gasteiger partial charge >= 0.3 is 0 Å². The summed E-state index contributed by atoms with van der Waals surface area (Å²) in [6, 6.07) is 5.20. The second-order valence-electron chi connectivity index (χ2n) is 4.47. The first-order valence-corrected chi connectivity index (χ1v) is 7.97. The van der Waals surface area contributed by atoms with Crippen molar-refractivity contribution in [3.05, 3.63) is 44.6 Å². The van der Waals surface area contributed by atoms with Crippen LogP contribution < -0.4 is 5.32 Å². The number of benzene rings is 1. The smallest absolute Gasteiger partial charge is 0.173 e. The molecule has 0 spiro atoms. The van der Waals surface area contributed by atoms with Gasteiger partial charge in [-0.3, -0.25) is 4.68 Å². The van der Waals surface area contributed by atoms with E-state index >= 15 is 0 Å². The lowest BCUT2D eigenvalue weighted by Crippen LogP contribution is -2.31. The molecule has 0 amide bonds. The standard InChI is InChI=1S/C13H13BrCl2N4S/c1-19(7-12-9(14)6-17-20(12)2)13(21)18-11-5-8(15)3-4-10(11)16/h3-6H,7H2,1-2H3,(H,18,21). The van der Waals surface area contributed by atoms with E-state index < -0.39 is 0 Å². The maximum Gasteiger partial charge on any atom is 0.173 e. The fourth-order valence-electron chi connectivity index (χ4n) is 1.71. The van der Waals surface area contributed by atoms with Crippen molar-refractivity contribution in [2.45, 2.75) is 6.54 Å². The van der Waals surface area contributed by atoms with E-state index in [9.17, 15) is 0 Å².